The number of anilines is 1. The van der Waals surface area contributed by atoms with Crippen molar-refractivity contribution in [3.8, 4) is 5.75 Å². The zero-order chi connectivity index (χ0) is 21.4. The summed E-state index contributed by atoms with van der Waals surface area (Å²) in [5.74, 6) is -0.981. The Morgan fingerprint density at radius 3 is 2.31 bits per heavy atom. The van der Waals surface area contributed by atoms with Gasteiger partial charge in [0.2, 0.25) is 5.91 Å². The second-order valence-electron chi connectivity index (χ2n) is 7.26. The van der Waals surface area contributed by atoms with E-state index >= 15 is 0 Å². The molecule has 0 atom stereocenters. The smallest absolute Gasteiger partial charge is 0.408 e. The average Bonchev–Trinajstić information content (AvgIpc) is 2.64. The number of amides is 3. The Bertz CT molecular complexity index is 890. The third-order valence-electron chi connectivity index (χ3n) is 3.67. The van der Waals surface area contributed by atoms with Crippen molar-refractivity contribution in [1.29, 1.82) is 0 Å². The number of alkyl carbamates (subject to hydrolysis) is 1. The average molecular weight is 399 g/mol. The molecule has 8 nitrogen and oxygen atoms in total. The minimum absolute atomic E-state index is 0.111. The molecule has 0 unspecified atom stereocenters. The standard InChI is InChI=1S/C21H25N3O5/c1-21(2,3)29-20(28)23-13-18(26)24-16-10-6-4-8-14(16)12-22-19(27)15-9-5-7-11-17(15)25/h4-11,25H,12-13H2,1-3H3,(H,22,27)(H,23,28)(H,24,26). The molecule has 0 saturated heterocycles. The van der Waals surface area contributed by atoms with E-state index in [0.29, 0.717) is 11.3 Å². The van der Waals surface area contributed by atoms with Crippen molar-refractivity contribution < 1.29 is 24.2 Å². The van der Waals surface area contributed by atoms with Crippen molar-refractivity contribution >= 4 is 23.6 Å². The number of hydrogen-bond donors (Lipinski definition) is 4. The fourth-order valence-corrected chi connectivity index (χ4v) is 2.39. The van der Waals surface area contributed by atoms with Crippen LogP contribution in [-0.2, 0) is 16.1 Å². The lowest BCUT2D eigenvalue weighted by Gasteiger charge is -2.19. The van der Waals surface area contributed by atoms with Gasteiger partial charge in [0.1, 0.15) is 17.9 Å². The van der Waals surface area contributed by atoms with Crippen LogP contribution in [0.4, 0.5) is 10.5 Å². The molecule has 0 bridgehead atoms. The summed E-state index contributed by atoms with van der Waals surface area (Å²) in [7, 11) is 0. The van der Waals surface area contributed by atoms with Crippen LogP contribution >= 0.6 is 0 Å². The molecule has 0 spiro atoms. The molecular formula is C21H25N3O5. The first-order valence-corrected chi connectivity index (χ1v) is 9.06. The number of aromatic hydroxyl groups is 1. The molecule has 0 radical (unpaired) electrons. The molecule has 0 saturated carbocycles. The van der Waals surface area contributed by atoms with Gasteiger partial charge >= 0.3 is 6.09 Å². The number of rotatable bonds is 6. The highest BCUT2D eigenvalue weighted by atomic mass is 16.6. The summed E-state index contributed by atoms with van der Waals surface area (Å²) in [6.45, 7) is 5.07. The van der Waals surface area contributed by atoms with Gasteiger partial charge < -0.3 is 25.8 Å². The lowest BCUT2D eigenvalue weighted by Crippen LogP contribution is -2.37. The maximum absolute atomic E-state index is 12.2. The fourth-order valence-electron chi connectivity index (χ4n) is 2.39. The van der Waals surface area contributed by atoms with E-state index in [-0.39, 0.29) is 24.4 Å². The molecule has 29 heavy (non-hydrogen) atoms. The van der Waals surface area contributed by atoms with Gasteiger partial charge in [0.25, 0.3) is 5.91 Å². The van der Waals surface area contributed by atoms with Crippen LogP contribution in [0.25, 0.3) is 0 Å². The van der Waals surface area contributed by atoms with Gasteiger partial charge in [0, 0.05) is 12.2 Å². The van der Waals surface area contributed by atoms with Crippen molar-refractivity contribution in [2.75, 3.05) is 11.9 Å². The summed E-state index contributed by atoms with van der Waals surface area (Å²) >= 11 is 0. The number of para-hydroxylation sites is 2. The molecule has 8 heteroatoms. The van der Waals surface area contributed by atoms with Gasteiger partial charge in [-0.2, -0.15) is 0 Å². The highest BCUT2D eigenvalue weighted by Crippen LogP contribution is 2.17. The van der Waals surface area contributed by atoms with Crippen LogP contribution in [0.3, 0.4) is 0 Å². The van der Waals surface area contributed by atoms with E-state index in [4.69, 9.17) is 4.74 Å². The molecule has 2 aromatic rings. The SMILES string of the molecule is CC(C)(C)OC(=O)NCC(=O)Nc1ccccc1CNC(=O)c1ccccc1O. The predicted octanol–water partition coefficient (Wildman–Crippen LogP) is 2.79. The van der Waals surface area contributed by atoms with Crippen molar-refractivity contribution in [3.05, 3.63) is 59.7 Å². The summed E-state index contributed by atoms with van der Waals surface area (Å²) < 4.78 is 5.08. The molecule has 2 rings (SSSR count). The number of carbonyl (C=O) groups is 3. The third kappa shape index (κ3) is 7.17. The summed E-state index contributed by atoms with van der Waals surface area (Å²) in [4.78, 5) is 36.0. The summed E-state index contributed by atoms with van der Waals surface area (Å²) in [5.41, 5.74) is 0.678. The maximum Gasteiger partial charge on any atom is 0.408 e. The van der Waals surface area contributed by atoms with Crippen molar-refractivity contribution in [2.45, 2.75) is 32.9 Å². The first-order valence-electron chi connectivity index (χ1n) is 9.06. The normalized spacial score (nSPS) is 10.7. The number of phenolic OH excluding ortho intramolecular Hbond substituents is 1. The highest BCUT2D eigenvalue weighted by molar-refractivity contribution is 5.97. The molecular weight excluding hydrogens is 374 g/mol. The second kappa shape index (κ2) is 9.59. The van der Waals surface area contributed by atoms with Crippen LogP contribution in [0.2, 0.25) is 0 Å². The van der Waals surface area contributed by atoms with Gasteiger partial charge in [-0.3, -0.25) is 9.59 Å². The van der Waals surface area contributed by atoms with Crippen LogP contribution in [0, 0.1) is 0 Å². The third-order valence-corrected chi connectivity index (χ3v) is 3.67. The van der Waals surface area contributed by atoms with Crippen molar-refractivity contribution in [1.82, 2.24) is 10.6 Å². The largest absolute Gasteiger partial charge is 0.507 e. The lowest BCUT2D eigenvalue weighted by atomic mass is 10.1. The molecule has 4 N–H and O–H groups in total. The number of phenols is 1. The summed E-state index contributed by atoms with van der Waals surface area (Å²) in [6, 6.07) is 13.2. The van der Waals surface area contributed by atoms with E-state index in [2.05, 4.69) is 16.0 Å². The maximum atomic E-state index is 12.2. The molecule has 0 aromatic heterocycles. The van der Waals surface area contributed by atoms with Gasteiger partial charge in [0.05, 0.1) is 5.56 Å². The molecule has 2 aromatic carbocycles. The quantitative estimate of drug-likeness (QED) is 0.596. The van der Waals surface area contributed by atoms with Crippen LogP contribution in [0.1, 0.15) is 36.7 Å². The topological polar surface area (TPSA) is 117 Å². The highest BCUT2D eigenvalue weighted by Gasteiger charge is 2.17. The van der Waals surface area contributed by atoms with E-state index in [9.17, 15) is 19.5 Å². The minimum Gasteiger partial charge on any atom is -0.507 e. The zero-order valence-corrected chi connectivity index (χ0v) is 16.6. The van der Waals surface area contributed by atoms with E-state index in [1.54, 1.807) is 57.2 Å². The van der Waals surface area contributed by atoms with Gasteiger partial charge in [-0.25, -0.2) is 4.79 Å². The van der Waals surface area contributed by atoms with Crippen molar-refractivity contribution in [2.24, 2.45) is 0 Å². The zero-order valence-electron chi connectivity index (χ0n) is 16.6. The first kappa shape index (κ1) is 21.7. The van der Waals surface area contributed by atoms with Gasteiger partial charge in [0.15, 0.2) is 0 Å². The number of ether oxygens (including phenoxy) is 1. The molecule has 0 aliphatic heterocycles. The molecule has 0 aliphatic carbocycles. The minimum atomic E-state index is -0.684. The predicted molar refractivity (Wildman–Crippen MR) is 109 cm³/mol. The second-order valence-corrected chi connectivity index (χ2v) is 7.26. The van der Waals surface area contributed by atoms with Crippen molar-refractivity contribution in [3.63, 3.8) is 0 Å². The molecule has 154 valence electrons. The Morgan fingerprint density at radius 2 is 1.62 bits per heavy atom. The molecule has 0 fully saturated rings. The number of benzene rings is 2. The fraction of sp³-hybridized carbons (Fsp3) is 0.286. The molecule has 3 amide bonds. The van der Waals surface area contributed by atoms with E-state index in [1.807, 2.05) is 0 Å². The van der Waals surface area contributed by atoms with Gasteiger partial charge in [-0.15, -0.1) is 0 Å². The van der Waals surface area contributed by atoms with Gasteiger partial charge in [-0.1, -0.05) is 30.3 Å². The van der Waals surface area contributed by atoms with Crippen LogP contribution in [-0.4, -0.2) is 35.2 Å². The van der Waals surface area contributed by atoms with E-state index < -0.39 is 23.5 Å². The Balaban J connectivity index is 1.93. The van der Waals surface area contributed by atoms with Crippen LogP contribution in [0.5, 0.6) is 5.75 Å². The number of hydrogen-bond acceptors (Lipinski definition) is 5. The Morgan fingerprint density at radius 1 is 0.966 bits per heavy atom. The van der Waals surface area contributed by atoms with Crippen LogP contribution in [0.15, 0.2) is 48.5 Å². The Hall–Kier alpha value is -3.55. The molecule has 0 aliphatic rings. The van der Waals surface area contributed by atoms with E-state index in [1.165, 1.54) is 12.1 Å². The van der Waals surface area contributed by atoms with E-state index in [0.717, 1.165) is 0 Å². The molecule has 0 heterocycles. The Kier molecular flexibility index (Phi) is 7.19. The summed E-state index contributed by atoms with van der Waals surface area (Å²) in [5, 5.41) is 17.5. The monoisotopic (exact) mass is 399 g/mol. The van der Waals surface area contributed by atoms with Gasteiger partial charge in [-0.05, 0) is 44.5 Å². The first-order chi connectivity index (χ1) is 13.7. The Labute approximate surface area is 169 Å². The lowest BCUT2D eigenvalue weighted by molar-refractivity contribution is -0.115. The number of nitrogens with one attached hydrogen (secondary N) is 3. The number of carbonyl (C=O) groups excluding carboxylic acids is 3. The summed E-state index contributed by atoms with van der Waals surface area (Å²) in [6.07, 6.45) is -0.684. The van der Waals surface area contributed by atoms with Crippen LogP contribution < -0.4 is 16.0 Å².